The summed E-state index contributed by atoms with van der Waals surface area (Å²) >= 11 is 0. The lowest BCUT2D eigenvalue weighted by Crippen LogP contribution is -2.69. The molecule has 6 heteroatoms. The van der Waals surface area contributed by atoms with Crippen molar-refractivity contribution in [1.29, 1.82) is 0 Å². The first kappa shape index (κ1) is 15.9. The van der Waals surface area contributed by atoms with E-state index in [1.54, 1.807) is 23.2 Å². The largest absolute Gasteiger partial charge is 0.456 e. The van der Waals surface area contributed by atoms with Gasteiger partial charge in [0.15, 0.2) is 5.76 Å². The number of pyridine rings is 1. The Bertz CT molecular complexity index is 815. The number of aryl methyl sites for hydroxylation is 1. The van der Waals surface area contributed by atoms with Crippen molar-refractivity contribution >= 4 is 11.8 Å². The van der Waals surface area contributed by atoms with E-state index in [1.807, 2.05) is 26.0 Å². The van der Waals surface area contributed by atoms with E-state index in [0.29, 0.717) is 30.5 Å². The van der Waals surface area contributed by atoms with Gasteiger partial charge in [-0.3, -0.25) is 14.6 Å². The highest BCUT2D eigenvalue weighted by Gasteiger charge is 2.43. The molecule has 1 saturated heterocycles. The van der Waals surface area contributed by atoms with Crippen molar-refractivity contribution in [3.63, 3.8) is 0 Å². The van der Waals surface area contributed by atoms with Crippen LogP contribution in [-0.4, -0.2) is 40.3 Å². The molecule has 0 atom stereocenters. The monoisotopic (exact) mass is 339 g/mol. The number of hydrogen-bond donors (Lipinski definition) is 1. The number of hydrogen-bond acceptors (Lipinski definition) is 4. The zero-order chi connectivity index (χ0) is 17.6. The van der Waals surface area contributed by atoms with Crippen LogP contribution in [0.15, 0.2) is 34.9 Å². The van der Waals surface area contributed by atoms with Crippen molar-refractivity contribution in [2.24, 2.45) is 0 Å². The Morgan fingerprint density at radius 1 is 1.24 bits per heavy atom. The topological polar surface area (TPSA) is 75.4 Å². The van der Waals surface area contributed by atoms with E-state index in [2.05, 4.69) is 10.3 Å². The number of carbonyl (C=O) groups is 2. The van der Waals surface area contributed by atoms with Crippen LogP contribution >= 0.6 is 0 Å². The third-order valence-corrected chi connectivity index (χ3v) is 4.74. The third-order valence-electron chi connectivity index (χ3n) is 4.74. The molecule has 1 N–H and O–H groups in total. The van der Waals surface area contributed by atoms with Crippen molar-refractivity contribution in [2.75, 3.05) is 13.1 Å². The molecule has 1 aliphatic heterocycles. The highest BCUT2D eigenvalue weighted by Crippen LogP contribution is 2.40. The Kier molecular flexibility index (Phi) is 3.63. The number of aromatic nitrogens is 1. The van der Waals surface area contributed by atoms with Crippen molar-refractivity contribution < 1.29 is 14.0 Å². The average molecular weight is 339 g/mol. The van der Waals surface area contributed by atoms with E-state index < -0.39 is 5.54 Å². The summed E-state index contributed by atoms with van der Waals surface area (Å²) in [5, 5.41) is 2.98. The maximum atomic E-state index is 12.4. The lowest BCUT2D eigenvalue weighted by Gasteiger charge is -2.47. The molecule has 3 heterocycles. The number of likely N-dealkylation sites (tertiary alicyclic amines) is 1. The first-order valence-corrected chi connectivity index (χ1v) is 8.58. The molecule has 2 aromatic rings. The SMILES string of the molecule is Cc1ccc(C(=O)N2CC(C)(NC(=O)c3ccc(C4CC4)o3)C2)nc1. The van der Waals surface area contributed by atoms with E-state index >= 15 is 0 Å². The fourth-order valence-electron chi connectivity index (χ4n) is 3.17. The van der Waals surface area contributed by atoms with Crippen LogP contribution in [0.25, 0.3) is 0 Å². The van der Waals surface area contributed by atoms with Gasteiger partial charge in [-0.25, -0.2) is 0 Å². The van der Waals surface area contributed by atoms with Crippen molar-refractivity contribution in [3.05, 3.63) is 53.2 Å². The Morgan fingerprint density at radius 3 is 2.64 bits per heavy atom. The van der Waals surface area contributed by atoms with Gasteiger partial charge in [0.25, 0.3) is 11.8 Å². The van der Waals surface area contributed by atoms with Crippen LogP contribution in [0.2, 0.25) is 0 Å². The minimum absolute atomic E-state index is 0.110. The Hall–Kier alpha value is -2.63. The Labute approximate surface area is 146 Å². The molecular formula is C19H21N3O3. The zero-order valence-electron chi connectivity index (χ0n) is 14.4. The van der Waals surface area contributed by atoms with Crippen LogP contribution < -0.4 is 5.32 Å². The molecule has 2 amide bonds. The molecule has 0 spiro atoms. The van der Waals surface area contributed by atoms with Crippen molar-refractivity contribution in [2.45, 2.75) is 38.1 Å². The van der Waals surface area contributed by atoms with Crippen LogP contribution in [0.3, 0.4) is 0 Å². The summed E-state index contributed by atoms with van der Waals surface area (Å²) in [5.41, 5.74) is 1.00. The third kappa shape index (κ3) is 3.16. The molecule has 2 aliphatic rings. The summed E-state index contributed by atoms with van der Waals surface area (Å²) in [6.45, 7) is 4.79. The maximum Gasteiger partial charge on any atom is 0.287 e. The van der Waals surface area contributed by atoms with Gasteiger partial charge in [0.1, 0.15) is 11.5 Å². The summed E-state index contributed by atoms with van der Waals surface area (Å²) in [6.07, 6.45) is 3.95. The van der Waals surface area contributed by atoms with E-state index in [-0.39, 0.29) is 11.8 Å². The Morgan fingerprint density at radius 2 is 2.00 bits per heavy atom. The highest BCUT2D eigenvalue weighted by atomic mass is 16.4. The number of amides is 2. The van der Waals surface area contributed by atoms with E-state index in [1.165, 1.54) is 0 Å². The van der Waals surface area contributed by atoms with Gasteiger partial charge in [0.2, 0.25) is 0 Å². The second-order valence-electron chi connectivity index (χ2n) is 7.37. The first-order chi connectivity index (χ1) is 11.9. The Balaban J connectivity index is 1.35. The van der Waals surface area contributed by atoms with E-state index in [9.17, 15) is 9.59 Å². The molecule has 2 aromatic heterocycles. The summed E-state index contributed by atoms with van der Waals surface area (Å²) in [6, 6.07) is 7.21. The summed E-state index contributed by atoms with van der Waals surface area (Å²) in [4.78, 5) is 30.6. The number of furan rings is 1. The molecule has 25 heavy (non-hydrogen) atoms. The van der Waals surface area contributed by atoms with Gasteiger partial charge in [-0.1, -0.05) is 6.07 Å². The molecule has 1 saturated carbocycles. The predicted molar refractivity (Wildman–Crippen MR) is 91.4 cm³/mol. The molecule has 130 valence electrons. The molecular weight excluding hydrogens is 318 g/mol. The quantitative estimate of drug-likeness (QED) is 0.929. The maximum absolute atomic E-state index is 12.4. The van der Waals surface area contributed by atoms with Gasteiger partial charge in [-0.15, -0.1) is 0 Å². The van der Waals surface area contributed by atoms with Crippen LogP contribution in [0.5, 0.6) is 0 Å². The predicted octanol–water partition coefficient (Wildman–Crippen LogP) is 2.50. The van der Waals surface area contributed by atoms with Gasteiger partial charge in [-0.05, 0) is 50.5 Å². The fourth-order valence-corrected chi connectivity index (χ4v) is 3.17. The smallest absolute Gasteiger partial charge is 0.287 e. The highest BCUT2D eigenvalue weighted by molar-refractivity contribution is 5.94. The first-order valence-electron chi connectivity index (χ1n) is 8.58. The van der Waals surface area contributed by atoms with E-state index in [4.69, 9.17) is 4.42 Å². The lowest BCUT2D eigenvalue weighted by molar-refractivity contribution is 0.0320. The number of nitrogens with one attached hydrogen (secondary N) is 1. The molecule has 0 aromatic carbocycles. The molecule has 0 radical (unpaired) electrons. The van der Waals surface area contributed by atoms with E-state index in [0.717, 1.165) is 24.2 Å². The second kappa shape index (κ2) is 5.72. The zero-order valence-corrected chi connectivity index (χ0v) is 14.4. The molecule has 1 aliphatic carbocycles. The molecule has 6 nitrogen and oxygen atoms in total. The van der Waals surface area contributed by atoms with Crippen LogP contribution in [0.4, 0.5) is 0 Å². The molecule has 2 fully saturated rings. The summed E-state index contributed by atoms with van der Waals surface area (Å²) in [7, 11) is 0. The van der Waals surface area contributed by atoms with Crippen LogP contribution in [0.1, 0.15) is 58.1 Å². The average Bonchev–Trinajstić information content (AvgIpc) is 3.29. The van der Waals surface area contributed by atoms with Gasteiger partial charge < -0.3 is 14.6 Å². The second-order valence-corrected chi connectivity index (χ2v) is 7.37. The van der Waals surface area contributed by atoms with Crippen LogP contribution in [0, 0.1) is 6.92 Å². The van der Waals surface area contributed by atoms with Gasteiger partial charge in [0.05, 0.1) is 5.54 Å². The number of carbonyl (C=O) groups excluding carboxylic acids is 2. The number of rotatable bonds is 4. The lowest BCUT2D eigenvalue weighted by atomic mass is 9.91. The molecule has 0 unspecified atom stereocenters. The van der Waals surface area contributed by atoms with Crippen molar-refractivity contribution in [1.82, 2.24) is 15.2 Å². The minimum Gasteiger partial charge on any atom is -0.456 e. The summed E-state index contributed by atoms with van der Waals surface area (Å²) in [5.74, 6) is 1.38. The normalized spacial score (nSPS) is 18.6. The van der Waals surface area contributed by atoms with Crippen molar-refractivity contribution in [3.8, 4) is 0 Å². The van der Waals surface area contributed by atoms with Gasteiger partial charge in [-0.2, -0.15) is 0 Å². The van der Waals surface area contributed by atoms with Crippen LogP contribution in [-0.2, 0) is 0 Å². The number of nitrogens with zero attached hydrogens (tertiary/aromatic N) is 2. The molecule has 0 bridgehead atoms. The van der Waals surface area contributed by atoms with Gasteiger partial charge in [0, 0.05) is 25.2 Å². The standard InChI is InChI=1S/C19H21N3O3/c1-12-3-6-14(20-9-12)18(24)22-10-19(2,11-22)21-17(23)16-8-7-15(25-16)13-4-5-13/h3,6-9,13H,4-5,10-11H2,1-2H3,(H,21,23). The van der Waals surface area contributed by atoms with Gasteiger partial charge >= 0.3 is 0 Å². The minimum atomic E-state index is -0.441. The fraction of sp³-hybridized carbons (Fsp3) is 0.421. The summed E-state index contributed by atoms with van der Waals surface area (Å²) < 4.78 is 5.64. The molecule has 4 rings (SSSR count).